The summed E-state index contributed by atoms with van der Waals surface area (Å²) in [5, 5.41) is 10.1. The predicted molar refractivity (Wildman–Crippen MR) is 100 cm³/mol. The number of aromatic nitrogens is 3. The summed E-state index contributed by atoms with van der Waals surface area (Å²) >= 11 is 0. The minimum absolute atomic E-state index is 0.770. The molecule has 0 aliphatic carbocycles. The fourth-order valence-electron chi connectivity index (χ4n) is 2.83. The smallest absolute Gasteiger partial charge is 0.119 e. The number of hydrogen-bond donors (Lipinski definition) is 0. The fourth-order valence-corrected chi connectivity index (χ4v) is 2.83. The van der Waals surface area contributed by atoms with Crippen molar-refractivity contribution in [2.24, 2.45) is 0 Å². The van der Waals surface area contributed by atoms with E-state index >= 15 is 0 Å². The van der Waals surface area contributed by atoms with Gasteiger partial charge in [-0.2, -0.15) is 0 Å². The van der Waals surface area contributed by atoms with E-state index in [2.05, 4.69) is 70.6 Å². The van der Waals surface area contributed by atoms with Crippen LogP contribution in [0.4, 0.5) is 0 Å². The molecule has 3 aromatic carbocycles. The first-order valence-corrected chi connectivity index (χ1v) is 8.25. The van der Waals surface area contributed by atoms with Gasteiger partial charge < -0.3 is 4.57 Å². The Kier molecular flexibility index (Phi) is 4.26. The second-order valence-corrected chi connectivity index (χ2v) is 5.99. The minimum atomic E-state index is 0.770. The van der Waals surface area contributed by atoms with E-state index in [0.717, 1.165) is 18.5 Å². The zero-order valence-corrected chi connectivity index (χ0v) is 13.8. The lowest BCUT2D eigenvalue weighted by molar-refractivity contribution is 0.795. The maximum absolute atomic E-state index is 3.85. The van der Waals surface area contributed by atoms with Gasteiger partial charge in [-0.3, -0.25) is 0 Å². The van der Waals surface area contributed by atoms with Crippen LogP contribution in [0.1, 0.15) is 16.7 Å². The van der Waals surface area contributed by atoms with E-state index < -0.39 is 0 Å². The molecule has 0 atom stereocenters. The third kappa shape index (κ3) is 3.76. The van der Waals surface area contributed by atoms with E-state index in [1.807, 2.05) is 22.8 Å². The predicted octanol–water partition coefficient (Wildman–Crippen LogP) is 4.07. The molecular weight excluding hydrogens is 306 g/mol. The molecule has 1 heterocycles. The molecule has 120 valence electrons. The quantitative estimate of drug-likeness (QED) is 0.532. The molecule has 3 heteroatoms. The molecular formula is C22H17N3. The van der Waals surface area contributed by atoms with E-state index in [9.17, 15) is 0 Å². The van der Waals surface area contributed by atoms with Crippen LogP contribution in [0.2, 0.25) is 0 Å². The van der Waals surface area contributed by atoms with E-state index in [4.69, 9.17) is 0 Å². The molecule has 0 saturated carbocycles. The number of fused-ring (bicyclic) bond motifs is 1. The molecule has 0 unspecified atom stereocenters. The van der Waals surface area contributed by atoms with Gasteiger partial charge in [-0.1, -0.05) is 60.4 Å². The molecule has 0 aliphatic heterocycles. The van der Waals surface area contributed by atoms with Crippen molar-refractivity contribution in [2.75, 3.05) is 0 Å². The van der Waals surface area contributed by atoms with Crippen LogP contribution in [-0.2, 0) is 13.0 Å². The lowest BCUT2D eigenvalue weighted by atomic mass is 10.0. The Bertz CT molecular complexity index is 1040. The highest BCUT2D eigenvalue weighted by molar-refractivity contribution is 5.84. The number of nitrogens with zero attached hydrogens (tertiary/aromatic N) is 3. The summed E-state index contributed by atoms with van der Waals surface area (Å²) in [6.07, 6.45) is 4.23. The normalized spacial score (nSPS) is 10.4. The molecule has 3 nitrogen and oxygen atoms in total. The monoisotopic (exact) mass is 323 g/mol. The topological polar surface area (TPSA) is 30.7 Å². The number of benzene rings is 3. The highest BCUT2D eigenvalue weighted by atomic mass is 15.2. The highest BCUT2D eigenvalue weighted by Gasteiger charge is 1.99. The molecule has 0 spiro atoms. The van der Waals surface area contributed by atoms with Gasteiger partial charge in [-0.25, -0.2) is 0 Å². The summed E-state index contributed by atoms with van der Waals surface area (Å²) in [5.74, 6) is 6.54. The third-order valence-electron chi connectivity index (χ3n) is 4.10. The van der Waals surface area contributed by atoms with Crippen molar-refractivity contribution in [3.8, 4) is 11.8 Å². The largest absolute Gasteiger partial charge is 0.316 e. The van der Waals surface area contributed by atoms with Gasteiger partial charge >= 0.3 is 0 Å². The molecule has 0 fully saturated rings. The van der Waals surface area contributed by atoms with Gasteiger partial charge in [0.15, 0.2) is 0 Å². The SMILES string of the molecule is C(#Cc1ccc2ccc(Cn3cnnc3)cc2c1)Cc1ccccc1. The summed E-state index contributed by atoms with van der Waals surface area (Å²) < 4.78 is 1.96. The Hall–Kier alpha value is -3.38. The third-order valence-corrected chi connectivity index (χ3v) is 4.10. The first-order chi connectivity index (χ1) is 12.4. The Morgan fingerprint density at radius 1 is 0.760 bits per heavy atom. The van der Waals surface area contributed by atoms with E-state index in [1.165, 1.54) is 21.9 Å². The van der Waals surface area contributed by atoms with Gasteiger partial charge in [0.1, 0.15) is 12.7 Å². The molecule has 25 heavy (non-hydrogen) atoms. The maximum atomic E-state index is 3.85. The average molecular weight is 323 g/mol. The van der Waals surface area contributed by atoms with Crippen molar-refractivity contribution in [1.29, 1.82) is 0 Å². The standard InChI is InChI=1S/C22H17N3/c1-2-5-18(6-3-1)7-4-8-19-9-11-21-12-10-20(14-22(21)13-19)15-25-16-23-24-17-25/h1-3,5-6,9-14,16-17H,7,15H2. The first kappa shape index (κ1) is 15.2. The van der Waals surface area contributed by atoms with Crippen LogP contribution in [0.25, 0.3) is 10.8 Å². The molecule has 0 bridgehead atoms. The summed E-state index contributed by atoms with van der Waals surface area (Å²) in [4.78, 5) is 0. The van der Waals surface area contributed by atoms with Crippen LogP contribution in [0, 0.1) is 11.8 Å². The van der Waals surface area contributed by atoms with E-state index in [1.54, 1.807) is 12.7 Å². The molecule has 0 aliphatic rings. The lowest BCUT2D eigenvalue weighted by Crippen LogP contribution is -1.96. The van der Waals surface area contributed by atoms with E-state index in [0.29, 0.717) is 0 Å². The van der Waals surface area contributed by atoms with Gasteiger partial charge in [0.05, 0.1) is 6.54 Å². The van der Waals surface area contributed by atoms with Crippen molar-refractivity contribution >= 4 is 10.8 Å². The maximum Gasteiger partial charge on any atom is 0.119 e. The molecule has 0 saturated heterocycles. The molecule has 0 amide bonds. The summed E-state index contributed by atoms with van der Waals surface area (Å²) in [7, 11) is 0. The van der Waals surface area contributed by atoms with Crippen LogP contribution < -0.4 is 0 Å². The molecule has 1 aromatic heterocycles. The van der Waals surface area contributed by atoms with Crippen LogP contribution in [0.5, 0.6) is 0 Å². The average Bonchev–Trinajstić information content (AvgIpc) is 3.15. The van der Waals surface area contributed by atoms with Crippen molar-refractivity contribution < 1.29 is 0 Å². The summed E-state index contributed by atoms with van der Waals surface area (Å²) in [5.41, 5.74) is 3.51. The molecule has 4 rings (SSSR count). The van der Waals surface area contributed by atoms with Crippen molar-refractivity contribution in [3.05, 3.63) is 96.1 Å². The van der Waals surface area contributed by atoms with Crippen LogP contribution >= 0.6 is 0 Å². The second kappa shape index (κ2) is 7.02. The lowest BCUT2D eigenvalue weighted by Gasteiger charge is -2.05. The van der Waals surface area contributed by atoms with E-state index in [-0.39, 0.29) is 0 Å². The van der Waals surface area contributed by atoms with Crippen molar-refractivity contribution in [1.82, 2.24) is 14.8 Å². The summed E-state index contributed by atoms with van der Waals surface area (Å²) in [6, 6.07) is 23.2. The minimum Gasteiger partial charge on any atom is -0.316 e. The Labute approximate surface area is 147 Å². The van der Waals surface area contributed by atoms with Crippen molar-refractivity contribution in [2.45, 2.75) is 13.0 Å². The zero-order chi connectivity index (χ0) is 16.9. The fraction of sp³-hybridized carbons (Fsp3) is 0.0909. The van der Waals surface area contributed by atoms with Crippen LogP contribution in [0.15, 0.2) is 79.4 Å². The Morgan fingerprint density at radius 3 is 2.40 bits per heavy atom. The van der Waals surface area contributed by atoms with Crippen molar-refractivity contribution in [3.63, 3.8) is 0 Å². The van der Waals surface area contributed by atoms with Crippen LogP contribution in [-0.4, -0.2) is 14.8 Å². The van der Waals surface area contributed by atoms with Gasteiger partial charge in [0.25, 0.3) is 0 Å². The Balaban J connectivity index is 1.56. The molecule has 0 radical (unpaired) electrons. The Morgan fingerprint density at radius 2 is 1.56 bits per heavy atom. The number of rotatable bonds is 3. The van der Waals surface area contributed by atoms with Gasteiger partial charge in [0, 0.05) is 12.0 Å². The van der Waals surface area contributed by atoms with Gasteiger partial charge in [-0.15, -0.1) is 10.2 Å². The molecule has 0 N–H and O–H groups in total. The first-order valence-electron chi connectivity index (χ1n) is 8.25. The highest BCUT2D eigenvalue weighted by Crippen LogP contribution is 2.18. The summed E-state index contributed by atoms with van der Waals surface area (Å²) in [6.45, 7) is 0.771. The van der Waals surface area contributed by atoms with Gasteiger partial charge in [-0.05, 0) is 40.1 Å². The number of hydrogen-bond acceptors (Lipinski definition) is 2. The molecule has 4 aromatic rings. The van der Waals surface area contributed by atoms with Crippen LogP contribution in [0.3, 0.4) is 0 Å². The second-order valence-electron chi connectivity index (χ2n) is 5.99. The zero-order valence-electron chi connectivity index (χ0n) is 13.8. The van der Waals surface area contributed by atoms with Gasteiger partial charge in [0.2, 0.25) is 0 Å².